The number of benzene rings is 2. The minimum absolute atomic E-state index is 0.549. The molecule has 88 valence electrons. The average Bonchev–Trinajstić information content (AvgIpc) is 2.58. The Balaban J connectivity index is 2.20. The molecule has 0 bridgehead atoms. The van der Waals surface area contributed by atoms with E-state index in [2.05, 4.69) is 10.3 Å². The largest absolute Gasteiger partial charge is 0.384 e. The zero-order valence-electron chi connectivity index (χ0n) is 9.80. The number of nitrogens with zero attached hydrogens (tertiary/aromatic N) is 1. The highest BCUT2D eigenvalue weighted by Gasteiger charge is 2.13. The first-order valence-electron chi connectivity index (χ1n) is 5.80. The van der Waals surface area contributed by atoms with Crippen LogP contribution in [0.15, 0.2) is 71.6 Å². The van der Waals surface area contributed by atoms with Crippen molar-refractivity contribution in [2.45, 2.75) is 0 Å². The third-order valence-corrected chi connectivity index (χ3v) is 2.84. The average molecular weight is 235 g/mol. The number of nitrogens with two attached hydrogens (primary N) is 1. The van der Waals surface area contributed by atoms with E-state index in [1.165, 1.54) is 0 Å². The van der Waals surface area contributed by atoms with Crippen LogP contribution in [0.2, 0.25) is 0 Å². The molecule has 3 nitrogen and oxygen atoms in total. The predicted octanol–water partition coefficient (Wildman–Crippen LogP) is 2.71. The van der Waals surface area contributed by atoms with Crippen LogP contribution in [-0.4, -0.2) is 5.71 Å². The Kier molecular flexibility index (Phi) is 2.57. The van der Waals surface area contributed by atoms with Crippen molar-refractivity contribution < 1.29 is 0 Å². The van der Waals surface area contributed by atoms with Gasteiger partial charge < -0.3 is 11.1 Å². The van der Waals surface area contributed by atoms with E-state index >= 15 is 0 Å². The van der Waals surface area contributed by atoms with Gasteiger partial charge in [-0.3, -0.25) is 4.99 Å². The van der Waals surface area contributed by atoms with Crippen LogP contribution >= 0.6 is 0 Å². The molecule has 0 spiro atoms. The van der Waals surface area contributed by atoms with E-state index in [1.807, 2.05) is 54.6 Å². The molecular formula is C15H13N3. The van der Waals surface area contributed by atoms with E-state index in [0.717, 1.165) is 22.5 Å². The number of rotatable bonds is 1. The summed E-state index contributed by atoms with van der Waals surface area (Å²) in [6.07, 6.45) is 1.66. The highest BCUT2D eigenvalue weighted by molar-refractivity contribution is 6.16. The van der Waals surface area contributed by atoms with Gasteiger partial charge in [-0.15, -0.1) is 0 Å². The van der Waals surface area contributed by atoms with Gasteiger partial charge in [-0.2, -0.15) is 0 Å². The van der Waals surface area contributed by atoms with Crippen LogP contribution in [0.1, 0.15) is 11.1 Å². The summed E-state index contributed by atoms with van der Waals surface area (Å²) in [7, 11) is 0. The molecule has 3 N–H and O–H groups in total. The zero-order valence-corrected chi connectivity index (χ0v) is 9.80. The maximum absolute atomic E-state index is 5.83. The first kappa shape index (κ1) is 10.6. The fraction of sp³-hybridized carbons (Fsp3) is 0. The molecule has 0 fully saturated rings. The monoisotopic (exact) mass is 235 g/mol. The summed E-state index contributed by atoms with van der Waals surface area (Å²) in [5, 5.41) is 3.15. The van der Waals surface area contributed by atoms with Crippen LogP contribution in [0.4, 0.5) is 5.69 Å². The van der Waals surface area contributed by atoms with E-state index < -0.39 is 0 Å². The Bertz CT molecular complexity index is 627. The molecule has 0 saturated heterocycles. The standard InChI is InChI=1S/C15H13N3/c16-14-10-17-15(11-6-2-1-3-7-11)12-8-4-5-9-13(12)18-14/h1-10,18H,16H2. The molecule has 1 aliphatic rings. The smallest absolute Gasteiger partial charge is 0.119 e. The van der Waals surface area contributed by atoms with Crippen molar-refractivity contribution in [1.82, 2.24) is 0 Å². The zero-order chi connectivity index (χ0) is 12.4. The third kappa shape index (κ3) is 1.86. The second kappa shape index (κ2) is 4.37. The number of anilines is 1. The van der Waals surface area contributed by atoms with E-state index in [9.17, 15) is 0 Å². The molecule has 2 aromatic carbocycles. The molecule has 0 unspecified atom stereocenters. The fourth-order valence-electron chi connectivity index (χ4n) is 2.02. The lowest BCUT2D eigenvalue weighted by atomic mass is 10.0. The Hall–Kier alpha value is -2.55. The van der Waals surface area contributed by atoms with Gasteiger partial charge >= 0.3 is 0 Å². The first-order chi connectivity index (χ1) is 8.84. The number of hydrogen-bond donors (Lipinski definition) is 2. The molecular weight excluding hydrogens is 222 g/mol. The van der Waals surface area contributed by atoms with Crippen molar-refractivity contribution in [1.29, 1.82) is 0 Å². The van der Waals surface area contributed by atoms with Crippen LogP contribution in [0, 0.1) is 0 Å². The number of fused-ring (bicyclic) bond motifs is 1. The van der Waals surface area contributed by atoms with Crippen molar-refractivity contribution in [3.05, 3.63) is 77.7 Å². The number of hydrogen-bond acceptors (Lipinski definition) is 3. The van der Waals surface area contributed by atoms with Crippen molar-refractivity contribution >= 4 is 11.4 Å². The van der Waals surface area contributed by atoms with Gasteiger partial charge in [0.25, 0.3) is 0 Å². The van der Waals surface area contributed by atoms with Crippen LogP contribution in [0.5, 0.6) is 0 Å². The number of aliphatic imine (C=N–C) groups is 1. The summed E-state index contributed by atoms with van der Waals surface area (Å²) in [4.78, 5) is 4.48. The molecule has 1 aliphatic heterocycles. The fourth-order valence-corrected chi connectivity index (χ4v) is 2.02. The van der Waals surface area contributed by atoms with Crippen LogP contribution < -0.4 is 11.1 Å². The van der Waals surface area contributed by atoms with Crippen LogP contribution in [-0.2, 0) is 0 Å². The van der Waals surface area contributed by atoms with Crippen LogP contribution in [0.3, 0.4) is 0 Å². The van der Waals surface area contributed by atoms with Gasteiger partial charge in [-0.25, -0.2) is 0 Å². The van der Waals surface area contributed by atoms with Crippen molar-refractivity contribution in [3.63, 3.8) is 0 Å². The van der Waals surface area contributed by atoms with Gasteiger partial charge in [-0.1, -0.05) is 48.5 Å². The summed E-state index contributed by atoms with van der Waals surface area (Å²) in [6.45, 7) is 0. The quantitative estimate of drug-likeness (QED) is 0.798. The first-order valence-corrected chi connectivity index (χ1v) is 5.80. The lowest BCUT2D eigenvalue weighted by Gasteiger charge is -2.10. The second-order valence-corrected chi connectivity index (χ2v) is 4.10. The van der Waals surface area contributed by atoms with Crippen molar-refractivity contribution in [3.8, 4) is 0 Å². The molecule has 3 heteroatoms. The lowest BCUT2D eigenvalue weighted by Crippen LogP contribution is -2.09. The molecule has 0 aliphatic carbocycles. The SMILES string of the molecule is NC1=CN=C(c2ccccc2)c2ccccc2N1. The maximum Gasteiger partial charge on any atom is 0.119 e. The van der Waals surface area contributed by atoms with Gasteiger partial charge in [0.05, 0.1) is 11.9 Å². The number of nitrogens with one attached hydrogen (secondary N) is 1. The van der Waals surface area contributed by atoms with Gasteiger partial charge in [0.2, 0.25) is 0 Å². The highest BCUT2D eigenvalue weighted by atomic mass is 15.0. The van der Waals surface area contributed by atoms with Gasteiger partial charge in [0, 0.05) is 16.8 Å². The summed E-state index contributed by atoms with van der Waals surface area (Å²) in [5.74, 6) is 0.549. The minimum Gasteiger partial charge on any atom is -0.384 e. The lowest BCUT2D eigenvalue weighted by molar-refractivity contribution is 1.29. The molecule has 18 heavy (non-hydrogen) atoms. The number of para-hydroxylation sites is 1. The highest BCUT2D eigenvalue weighted by Crippen LogP contribution is 2.23. The molecule has 0 radical (unpaired) electrons. The van der Waals surface area contributed by atoms with Crippen molar-refractivity contribution in [2.75, 3.05) is 5.32 Å². The van der Waals surface area contributed by atoms with Crippen LogP contribution in [0.25, 0.3) is 0 Å². The Morgan fingerprint density at radius 1 is 0.889 bits per heavy atom. The van der Waals surface area contributed by atoms with E-state index in [-0.39, 0.29) is 0 Å². The molecule has 0 atom stereocenters. The summed E-state index contributed by atoms with van der Waals surface area (Å²) in [6, 6.07) is 18.1. The molecule has 0 aromatic heterocycles. The van der Waals surface area contributed by atoms with E-state index in [0.29, 0.717) is 5.82 Å². The molecule has 1 heterocycles. The Labute approximate surface area is 106 Å². The Morgan fingerprint density at radius 3 is 2.44 bits per heavy atom. The van der Waals surface area contributed by atoms with E-state index in [1.54, 1.807) is 6.20 Å². The van der Waals surface area contributed by atoms with E-state index in [4.69, 9.17) is 5.73 Å². The van der Waals surface area contributed by atoms with Gasteiger partial charge in [0.15, 0.2) is 0 Å². The second-order valence-electron chi connectivity index (χ2n) is 4.10. The normalized spacial score (nSPS) is 13.8. The van der Waals surface area contributed by atoms with Crippen molar-refractivity contribution in [2.24, 2.45) is 10.7 Å². The predicted molar refractivity (Wildman–Crippen MR) is 74.4 cm³/mol. The van der Waals surface area contributed by atoms with Gasteiger partial charge in [-0.05, 0) is 6.07 Å². The van der Waals surface area contributed by atoms with Gasteiger partial charge in [0.1, 0.15) is 5.82 Å². The molecule has 0 saturated carbocycles. The Morgan fingerprint density at radius 2 is 1.61 bits per heavy atom. The third-order valence-electron chi connectivity index (χ3n) is 2.84. The molecule has 0 amide bonds. The summed E-state index contributed by atoms with van der Waals surface area (Å²) >= 11 is 0. The minimum atomic E-state index is 0.549. The summed E-state index contributed by atoms with van der Waals surface area (Å²) in [5.41, 5.74) is 9.88. The topological polar surface area (TPSA) is 50.4 Å². The molecule has 3 rings (SSSR count). The molecule has 2 aromatic rings. The summed E-state index contributed by atoms with van der Waals surface area (Å²) < 4.78 is 0. The maximum atomic E-state index is 5.83.